The highest BCUT2D eigenvalue weighted by molar-refractivity contribution is 7.89. The first kappa shape index (κ1) is 17.7. The van der Waals surface area contributed by atoms with Gasteiger partial charge in [0.2, 0.25) is 10.0 Å². The van der Waals surface area contributed by atoms with Crippen molar-refractivity contribution in [3.63, 3.8) is 0 Å². The third kappa shape index (κ3) is 3.65. The zero-order chi connectivity index (χ0) is 15.5. The lowest BCUT2D eigenvalue weighted by Crippen LogP contribution is -2.34. The molecule has 0 aromatic heterocycles. The van der Waals surface area contributed by atoms with Crippen LogP contribution in [0.1, 0.15) is 26.3 Å². The molecule has 0 fully saturated rings. The van der Waals surface area contributed by atoms with E-state index >= 15 is 0 Å². The van der Waals surface area contributed by atoms with Gasteiger partial charge in [0.25, 0.3) is 0 Å². The molecule has 0 amide bonds. The quantitative estimate of drug-likeness (QED) is 0.866. The molecule has 0 saturated carbocycles. The van der Waals surface area contributed by atoms with E-state index in [2.05, 4.69) is 0 Å². The van der Waals surface area contributed by atoms with Crippen molar-refractivity contribution in [3.05, 3.63) is 27.7 Å². The summed E-state index contributed by atoms with van der Waals surface area (Å²) >= 11 is 12.1. The minimum atomic E-state index is -3.64. The second-order valence-corrected chi connectivity index (χ2v) is 7.58. The largest absolute Gasteiger partial charge is 0.326 e. The van der Waals surface area contributed by atoms with E-state index in [1.807, 2.05) is 13.8 Å². The van der Waals surface area contributed by atoms with E-state index in [1.165, 1.54) is 16.4 Å². The molecule has 0 heterocycles. The average molecular weight is 339 g/mol. The molecule has 0 unspecified atom stereocenters. The number of hydrogen-bond acceptors (Lipinski definition) is 3. The van der Waals surface area contributed by atoms with Crippen LogP contribution < -0.4 is 5.73 Å². The molecule has 0 atom stereocenters. The number of sulfonamides is 1. The van der Waals surface area contributed by atoms with E-state index in [9.17, 15) is 8.42 Å². The molecule has 114 valence electrons. The van der Waals surface area contributed by atoms with Gasteiger partial charge in [0, 0.05) is 30.2 Å². The van der Waals surface area contributed by atoms with Crippen molar-refractivity contribution in [2.24, 2.45) is 11.7 Å². The maximum absolute atomic E-state index is 12.7. The number of hydrogen-bond donors (Lipinski definition) is 1. The van der Waals surface area contributed by atoms with E-state index in [0.717, 1.165) is 0 Å². The van der Waals surface area contributed by atoms with Gasteiger partial charge in [-0.3, -0.25) is 0 Å². The highest BCUT2D eigenvalue weighted by atomic mass is 35.5. The molecule has 1 rings (SSSR count). The molecule has 0 radical (unpaired) electrons. The SMILES string of the molecule is CCN(CC(C)C)S(=O)(=O)c1ccc(Cl)c(CN)c1Cl. The number of nitrogens with zero attached hydrogens (tertiary/aromatic N) is 1. The number of nitrogens with two attached hydrogens (primary N) is 1. The van der Waals surface area contributed by atoms with Crippen molar-refractivity contribution in [1.29, 1.82) is 0 Å². The van der Waals surface area contributed by atoms with E-state index < -0.39 is 10.0 Å². The van der Waals surface area contributed by atoms with Crippen molar-refractivity contribution in [1.82, 2.24) is 4.31 Å². The molecular weight excluding hydrogens is 319 g/mol. The van der Waals surface area contributed by atoms with Crippen molar-refractivity contribution in [2.75, 3.05) is 13.1 Å². The molecule has 2 N–H and O–H groups in total. The summed E-state index contributed by atoms with van der Waals surface area (Å²) < 4.78 is 26.7. The van der Waals surface area contributed by atoms with Gasteiger partial charge in [0.05, 0.1) is 5.02 Å². The van der Waals surface area contributed by atoms with Crippen LogP contribution in [0, 0.1) is 5.92 Å². The second kappa shape index (κ2) is 7.09. The van der Waals surface area contributed by atoms with E-state index in [1.54, 1.807) is 6.92 Å². The molecule has 20 heavy (non-hydrogen) atoms. The maximum atomic E-state index is 12.7. The van der Waals surface area contributed by atoms with Gasteiger partial charge in [-0.25, -0.2) is 8.42 Å². The standard InChI is InChI=1S/C13H20Cl2N2O2S/c1-4-17(8-9(2)3)20(18,19)12-6-5-11(14)10(7-16)13(12)15/h5-6,9H,4,7-8,16H2,1-3H3. The Morgan fingerprint density at radius 2 is 1.90 bits per heavy atom. The minimum Gasteiger partial charge on any atom is -0.326 e. The fourth-order valence-electron chi connectivity index (χ4n) is 1.91. The molecule has 0 aliphatic rings. The topological polar surface area (TPSA) is 63.4 Å². The summed E-state index contributed by atoms with van der Waals surface area (Å²) in [6.07, 6.45) is 0. The van der Waals surface area contributed by atoms with Crippen molar-refractivity contribution in [2.45, 2.75) is 32.2 Å². The van der Waals surface area contributed by atoms with Gasteiger partial charge < -0.3 is 5.73 Å². The van der Waals surface area contributed by atoms with Crippen LogP contribution in [0.15, 0.2) is 17.0 Å². The van der Waals surface area contributed by atoms with Gasteiger partial charge in [-0.2, -0.15) is 4.31 Å². The fourth-order valence-corrected chi connectivity index (χ4v) is 4.43. The van der Waals surface area contributed by atoms with E-state index in [-0.39, 0.29) is 22.4 Å². The Hall–Kier alpha value is -0.330. The van der Waals surface area contributed by atoms with Crippen LogP contribution in [0.3, 0.4) is 0 Å². The van der Waals surface area contributed by atoms with Crippen LogP contribution >= 0.6 is 23.2 Å². The summed E-state index contributed by atoms with van der Waals surface area (Å²) in [5.41, 5.74) is 6.03. The third-order valence-electron chi connectivity index (χ3n) is 2.89. The zero-order valence-electron chi connectivity index (χ0n) is 11.9. The zero-order valence-corrected chi connectivity index (χ0v) is 14.2. The fraction of sp³-hybridized carbons (Fsp3) is 0.538. The highest BCUT2D eigenvalue weighted by Crippen LogP contribution is 2.32. The average Bonchev–Trinajstić information content (AvgIpc) is 2.35. The Balaban J connectivity index is 3.35. The van der Waals surface area contributed by atoms with Gasteiger partial charge in [-0.05, 0) is 18.1 Å². The van der Waals surface area contributed by atoms with Crippen LogP contribution in [0.2, 0.25) is 10.0 Å². The second-order valence-electron chi connectivity index (χ2n) is 4.89. The molecule has 0 spiro atoms. The maximum Gasteiger partial charge on any atom is 0.244 e. The third-order valence-corrected chi connectivity index (χ3v) is 5.78. The van der Waals surface area contributed by atoms with Crippen molar-refractivity contribution < 1.29 is 8.42 Å². The Morgan fingerprint density at radius 3 is 2.35 bits per heavy atom. The summed E-state index contributed by atoms with van der Waals surface area (Å²) in [6, 6.07) is 2.95. The number of benzene rings is 1. The van der Waals surface area contributed by atoms with Crippen LogP contribution in [-0.4, -0.2) is 25.8 Å². The molecular formula is C13H20Cl2N2O2S. The predicted octanol–water partition coefficient (Wildman–Crippen LogP) is 3.12. The minimum absolute atomic E-state index is 0.0616. The Morgan fingerprint density at radius 1 is 1.30 bits per heavy atom. The van der Waals surface area contributed by atoms with E-state index in [4.69, 9.17) is 28.9 Å². The summed E-state index contributed by atoms with van der Waals surface area (Å²) in [7, 11) is -3.64. The first-order chi connectivity index (χ1) is 9.25. The van der Waals surface area contributed by atoms with Crippen LogP contribution in [0.5, 0.6) is 0 Å². The molecule has 0 saturated heterocycles. The summed E-state index contributed by atoms with van der Waals surface area (Å²) in [6.45, 7) is 6.65. The molecule has 0 bridgehead atoms. The van der Waals surface area contributed by atoms with Crippen LogP contribution in [0.4, 0.5) is 0 Å². The lowest BCUT2D eigenvalue weighted by Gasteiger charge is -2.23. The van der Waals surface area contributed by atoms with Gasteiger partial charge >= 0.3 is 0 Å². The Kier molecular flexibility index (Phi) is 6.28. The smallest absolute Gasteiger partial charge is 0.244 e. The first-order valence-electron chi connectivity index (χ1n) is 6.42. The molecule has 4 nitrogen and oxygen atoms in total. The van der Waals surface area contributed by atoms with Gasteiger partial charge in [0.15, 0.2) is 0 Å². The Labute approximate surface area is 130 Å². The highest BCUT2D eigenvalue weighted by Gasteiger charge is 2.27. The van der Waals surface area contributed by atoms with Crippen LogP contribution in [0.25, 0.3) is 0 Å². The van der Waals surface area contributed by atoms with E-state index in [0.29, 0.717) is 23.7 Å². The van der Waals surface area contributed by atoms with Crippen molar-refractivity contribution in [3.8, 4) is 0 Å². The lowest BCUT2D eigenvalue weighted by atomic mass is 10.2. The van der Waals surface area contributed by atoms with Gasteiger partial charge in [0.1, 0.15) is 4.90 Å². The number of rotatable bonds is 6. The molecule has 0 aliphatic heterocycles. The molecule has 0 aliphatic carbocycles. The summed E-state index contributed by atoms with van der Waals surface area (Å²) in [5, 5.41) is 0.491. The van der Waals surface area contributed by atoms with Crippen LogP contribution in [-0.2, 0) is 16.6 Å². The molecule has 1 aromatic rings. The Bertz CT molecular complexity index is 574. The summed E-state index contributed by atoms with van der Waals surface area (Å²) in [5.74, 6) is 0.227. The summed E-state index contributed by atoms with van der Waals surface area (Å²) in [4.78, 5) is 0.0616. The van der Waals surface area contributed by atoms with Crippen molar-refractivity contribution >= 4 is 33.2 Å². The monoisotopic (exact) mass is 338 g/mol. The van der Waals surface area contributed by atoms with Gasteiger partial charge in [-0.15, -0.1) is 0 Å². The lowest BCUT2D eigenvalue weighted by molar-refractivity contribution is 0.381. The first-order valence-corrected chi connectivity index (χ1v) is 8.62. The van der Waals surface area contributed by atoms with Gasteiger partial charge in [-0.1, -0.05) is 44.0 Å². The normalized spacial score (nSPS) is 12.4. The molecule has 1 aromatic carbocycles. The number of halogens is 2. The predicted molar refractivity (Wildman–Crippen MR) is 83.6 cm³/mol. The molecule has 7 heteroatoms.